The van der Waals surface area contributed by atoms with Crippen LogP contribution in [-0.2, 0) is 24.6 Å². The predicted molar refractivity (Wildman–Crippen MR) is 135 cm³/mol. The monoisotopic (exact) mass is 560 g/mol. The van der Waals surface area contributed by atoms with Crippen LogP contribution < -0.4 is 5.32 Å². The Kier molecular flexibility index (Phi) is 7.71. The normalized spacial score (nSPS) is 13.5. The number of halogens is 1. The fraction of sp³-hybridized carbons (Fsp3) is 0.417. The summed E-state index contributed by atoms with van der Waals surface area (Å²) < 4.78 is 7.73. The van der Waals surface area contributed by atoms with Gasteiger partial charge in [0.25, 0.3) is 5.91 Å². The second kappa shape index (κ2) is 10.7. The van der Waals surface area contributed by atoms with Crippen LogP contribution in [0.2, 0.25) is 0 Å². The van der Waals surface area contributed by atoms with Crippen molar-refractivity contribution in [3.05, 3.63) is 62.7 Å². The van der Waals surface area contributed by atoms with Gasteiger partial charge in [-0.05, 0) is 30.5 Å². The third kappa shape index (κ3) is 5.25. The Bertz CT molecular complexity index is 1120. The molecule has 2 heterocycles. The first kappa shape index (κ1) is 23.8. The topological polar surface area (TPSA) is 85.2 Å². The standard InChI is InChI=1S/C24H29IN6O2/c1-4-31(12-13-33-3)15-19(16-8-6-5-7-9-16)27-23(32)21-18-11-10-17-14-26-24(25)28-20(17)22(18)30(2)29-21/h5-9,14,19H,4,10-13,15H2,1-3H3,(H,27,32)/t19-/m1/s1. The number of carbonyl (C=O) groups is 1. The smallest absolute Gasteiger partial charge is 0.272 e. The molecule has 0 saturated carbocycles. The maximum absolute atomic E-state index is 13.5. The van der Waals surface area contributed by atoms with Gasteiger partial charge in [0.05, 0.1) is 24.0 Å². The van der Waals surface area contributed by atoms with Crippen LogP contribution in [0, 0.1) is 3.83 Å². The minimum atomic E-state index is -0.160. The number of fused-ring (bicyclic) bond motifs is 3. The maximum atomic E-state index is 13.5. The van der Waals surface area contributed by atoms with Crippen LogP contribution in [0.3, 0.4) is 0 Å². The van der Waals surface area contributed by atoms with E-state index in [9.17, 15) is 4.79 Å². The molecule has 33 heavy (non-hydrogen) atoms. The number of benzene rings is 1. The van der Waals surface area contributed by atoms with Crippen molar-refractivity contribution in [3.8, 4) is 11.4 Å². The number of amides is 1. The summed E-state index contributed by atoms with van der Waals surface area (Å²) in [7, 11) is 3.58. The number of rotatable bonds is 9. The molecule has 1 atom stereocenters. The largest absolute Gasteiger partial charge is 0.383 e. The number of nitrogens with zero attached hydrogens (tertiary/aromatic N) is 5. The molecule has 1 aromatic carbocycles. The van der Waals surface area contributed by atoms with E-state index in [1.807, 2.05) is 31.4 Å². The van der Waals surface area contributed by atoms with Crippen LogP contribution >= 0.6 is 22.6 Å². The molecule has 3 aromatic rings. The van der Waals surface area contributed by atoms with Crippen LogP contribution in [0.25, 0.3) is 11.4 Å². The van der Waals surface area contributed by atoms with Gasteiger partial charge in [0.15, 0.2) is 9.53 Å². The van der Waals surface area contributed by atoms with Crippen LogP contribution in [0.1, 0.15) is 40.1 Å². The van der Waals surface area contributed by atoms with Gasteiger partial charge in [0.1, 0.15) is 0 Å². The van der Waals surface area contributed by atoms with E-state index >= 15 is 0 Å². The molecule has 1 amide bonds. The first-order chi connectivity index (χ1) is 16.0. The Morgan fingerprint density at radius 3 is 2.82 bits per heavy atom. The van der Waals surface area contributed by atoms with Gasteiger partial charge >= 0.3 is 0 Å². The fourth-order valence-corrected chi connectivity index (χ4v) is 4.70. The number of ether oxygens (including phenoxy) is 1. The molecule has 0 spiro atoms. The van der Waals surface area contributed by atoms with Gasteiger partial charge in [-0.15, -0.1) is 0 Å². The van der Waals surface area contributed by atoms with Gasteiger partial charge in [-0.25, -0.2) is 9.97 Å². The van der Waals surface area contributed by atoms with Crippen LogP contribution in [-0.4, -0.2) is 63.9 Å². The lowest BCUT2D eigenvalue weighted by Crippen LogP contribution is -2.39. The number of aryl methyl sites for hydroxylation is 2. The van der Waals surface area contributed by atoms with E-state index in [1.165, 1.54) is 0 Å². The Hall–Kier alpha value is -2.37. The van der Waals surface area contributed by atoms with Crippen molar-refractivity contribution in [2.75, 3.05) is 33.4 Å². The molecule has 2 aromatic heterocycles. The summed E-state index contributed by atoms with van der Waals surface area (Å²) in [5, 5.41) is 7.88. The Morgan fingerprint density at radius 1 is 1.30 bits per heavy atom. The molecule has 0 unspecified atom stereocenters. The third-order valence-electron chi connectivity index (χ3n) is 6.07. The lowest BCUT2D eigenvalue weighted by atomic mass is 9.93. The van der Waals surface area contributed by atoms with Crippen molar-refractivity contribution < 1.29 is 9.53 Å². The minimum absolute atomic E-state index is 0.157. The molecule has 0 radical (unpaired) electrons. The number of nitrogens with one attached hydrogen (secondary N) is 1. The van der Waals surface area contributed by atoms with E-state index in [0.29, 0.717) is 22.7 Å². The zero-order valence-electron chi connectivity index (χ0n) is 19.2. The summed E-state index contributed by atoms with van der Waals surface area (Å²) in [5.41, 5.74) is 5.38. The molecule has 0 fully saturated rings. The van der Waals surface area contributed by atoms with Gasteiger partial charge in [-0.2, -0.15) is 5.10 Å². The van der Waals surface area contributed by atoms with Gasteiger partial charge in [0, 0.05) is 61.6 Å². The summed E-state index contributed by atoms with van der Waals surface area (Å²) in [6.45, 7) is 5.14. The number of methoxy groups -OCH3 is 1. The second-order valence-corrected chi connectivity index (χ2v) is 9.10. The molecule has 0 saturated heterocycles. The van der Waals surface area contributed by atoms with Crippen molar-refractivity contribution in [3.63, 3.8) is 0 Å². The molecular weight excluding hydrogens is 531 g/mol. The lowest BCUT2D eigenvalue weighted by Gasteiger charge is -2.27. The molecular formula is C24H29IN6O2. The fourth-order valence-electron chi connectivity index (χ4n) is 4.32. The zero-order chi connectivity index (χ0) is 23.4. The van der Waals surface area contributed by atoms with Crippen LogP contribution in [0.4, 0.5) is 0 Å². The highest BCUT2D eigenvalue weighted by Gasteiger charge is 2.30. The maximum Gasteiger partial charge on any atom is 0.272 e. The summed E-state index contributed by atoms with van der Waals surface area (Å²) in [5.74, 6) is -0.157. The number of hydrogen-bond acceptors (Lipinski definition) is 6. The van der Waals surface area contributed by atoms with Gasteiger partial charge in [-0.3, -0.25) is 14.4 Å². The lowest BCUT2D eigenvalue weighted by molar-refractivity contribution is 0.0909. The predicted octanol–water partition coefficient (Wildman–Crippen LogP) is 3.02. The van der Waals surface area contributed by atoms with Gasteiger partial charge in [-0.1, -0.05) is 37.3 Å². The molecule has 0 aliphatic heterocycles. The van der Waals surface area contributed by atoms with Crippen LogP contribution in [0.5, 0.6) is 0 Å². The highest BCUT2D eigenvalue weighted by atomic mass is 127. The summed E-state index contributed by atoms with van der Waals surface area (Å²) >= 11 is 2.12. The molecule has 9 heteroatoms. The summed E-state index contributed by atoms with van der Waals surface area (Å²) in [4.78, 5) is 24.8. The second-order valence-electron chi connectivity index (χ2n) is 8.14. The van der Waals surface area contributed by atoms with Crippen molar-refractivity contribution in [2.24, 2.45) is 7.05 Å². The Balaban J connectivity index is 1.62. The highest BCUT2D eigenvalue weighted by Crippen LogP contribution is 2.33. The minimum Gasteiger partial charge on any atom is -0.383 e. The summed E-state index contributed by atoms with van der Waals surface area (Å²) in [6, 6.07) is 9.94. The third-order valence-corrected chi connectivity index (χ3v) is 6.59. The number of aromatic nitrogens is 4. The zero-order valence-corrected chi connectivity index (χ0v) is 21.4. The molecule has 1 N–H and O–H groups in total. The van der Waals surface area contributed by atoms with E-state index in [1.54, 1.807) is 11.8 Å². The van der Waals surface area contributed by atoms with Crippen molar-refractivity contribution in [1.29, 1.82) is 0 Å². The SMILES string of the molecule is CCN(CCOC)C[C@@H](NC(=O)c1nn(C)c2c1CCc1cnc(I)nc1-2)c1ccccc1. The Morgan fingerprint density at radius 2 is 2.09 bits per heavy atom. The average molecular weight is 560 g/mol. The van der Waals surface area contributed by atoms with E-state index in [0.717, 1.165) is 54.0 Å². The first-order valence-electron chi connectivity index (χ1n) is 11.2. The van der Waals surface area contributed by atoms with E-state index in [-0.39, 0.29) is 11.9 Å². The molecule has 4 rings (SSSR count). The quantitative estimate of drug-likeness (QED) is 0.320. The highest BCUT2D eigenvalue weighted by molar-refractivity contribution is 14.1. The van der Waals surface area contributed by atoms with Gasteiger partial charge in [0.2, 0.25) is 0 Å². The average Bonchev–Trinajstić information content (AvgIpc) is 3.18. The van der Waals surface area contributed by atoms with Crippen molar-refractivity contribution in [2.45, 2.75) is 25.8 Å². The Labute approximate surface area is 207 Å². The van der Waals surface area contributed by atoms with E-state index in [2.05, 4.69) is 66.9 Å². The first-order valence-corrected chi connectivity index (χ1v) is 12.2. The number of likely N-dealkylation sites (N-methyl/N-ethyl adjacent to an activating group) is 1. The van der Waals surface area contributed by atoms with Gasteiger partial charge < -0.3 is 10.1 Å². The van der Waals surface area contributed by atoms with E-state index < -0.39 is 0 Å². The van der Waals surface area contributed by atoms with Crippen LogP contribution in [0.15, 0.2) is 36.5 Å². The number of hydrogen-bond donors (Lipinski definition) is 1. The van der Waals surface area contributed by atoms with Crippen molar-refractivity contribution in [1.82, 2.24) is 30.0 Å². The summed E-state index contributed by atoms with van der Waals surface area (Å²) in [6.07, 6.45) is 3.42. The molecule has 0 bridgehead atoms. The van der Waals surface area contributed by atoms with Crippen molar-refractivity contribution >= 4 is 28.5 Å². The molecule has 1 aliphatic rings. The van der Waals surface area contributed by atoms with E-state index in [4.69, 9.17) is 4.74 Å². The molecule has 1 aliphatic carbocycles. The molecule has 8 nitrogen and oxygen atoms in total. The molecule has 174 valence electrons. The number of carbonyl (C=O) groups excluding carboxylic acids is 1.